The van der Waals surface area contributed by atoms with Crippen LogP contribution in [0.1, 0.15) is 18.5 Å². The predicted octanol–water partition coefficient (Wildman–Crippen LogP) is 1.95. The number of carbonyl (C=O) groups is 2. The first-order chi connectivity index (χ1) is 11.6. The fraction of sp³-hybridized carbons (Fsp3) is 0.222. The van der Waals surface area contributed by atoms with Gasteiger partial charge in [0.2, 0.25) is 5.91 Å². The summed E-state index contributed by atoms with van der Waals surface area (Å²) in [5.74, 6) is -0.280. The molecule has 0 spiro atoms. The van der Waals surface area contributed by atoms with Crippen molar-refractivity contribution < 1.29 is 14.9 Å². The molecule has 0 aliphatic carbocycles. The van der Waals surface area contributed by atoms with Crippen molar-refractivity contribution >= 4 is 34.8 Å². The van der Waals surface area contributed by atoms with Gasteiger partial charge in [-0.15, -0.1) is 0 Å². The average Bonchev–Trinajstić information content (AvgIpc) is 2.59. The highest BCUT2D eigenvalue weighted by Crippen LogP contribution is 2.28. The Hall–Kier alpha value is -2.37. The van der Waals surface area contributed by atoms with Crippen molar-refractivity contribution in [1.29, 1.82) is 0 Å². The van der Waals surface area contributed by atoms with Gasteiger partial charge in [-0.1, -0.05) is 41.9 Å². The van der Waals surface area contributed by atoms with E-state index in [2.05, 4.69) is 5.32 Å². The minimum Gasteiger partial charge on any atom is -0.332 e. The SMILES string of the molecule is C[C@@H]([NH2+]CC(=O)N1CC(=O)Nc2ccccc21)c1ccccc1Cl. The van der Waals surface area contributed by atoms with E-state index in [9.17, 15) is 9.59 Å². The van der Waals surface area contributed by atoms with E-state index in [0.29, 0.717) is 10.7 Å². The van der Waals surface area contributed by atoms with Crippen LogP contribution in [0.15, 0.2) is 48.5 Å². The van der Waals surface area contributed by atoms with Crippen LogP contribution in [0.5, 0.6) is 0 Å². The molecule has 1 heterocycles. The number of fused-ring (bicyclic) bond motifs is 1. The number of carbonyl (C=O) groups excluding carboxylic acids is 2. The Balaban J connectivity index is 1.70. The van der Waals surface area contributed by atoms with Crippen LogP contribution in [0.25, 0.3) is 0 Å². The van der Waals surface area contributed by atoms with Crippen LogP contribution in [0.4, 0.5) is 11.4 Å². The molecule has 0 saturated heterocycles. The molecule has 124 valence electrons. The second-order valence-corrected chi connectivity index (χ2v) is 6.20. The molecule has 2 aromatic rings. The molecule has 5 nitrogen and oxygen atoms in total. The number of quaternary nitrogens is 1. The van der Waals surface area contributed by atoms with Gasteiger partial charge < -0.3 is 10.6 Å². The maximum Gasteiger partial charge on any atom is 0.282 e. The maximum absolute atomic E-state index is 12.6. The Labute approximate surface area is 145 Å². The monoisotopic (exact) mass is 344 g/mol. The van der Waals surface area contributed by atoms with Gasteiger partial charge in [-0.3, -0.25) is 14.5 Å². The zero-order valence-corrected chi connectivity index (χ0v) is 14.1. The quantitative estimate of drug-likeness (QED) is 0.890. The maximum atomic E-state index is 12.6. The lowest BCUT2D eigenvalue weighted by Crippen LogP contribution is -2.87. The summed E-state index contributed by atoms with van der Waals surface area (Å²) in [5.41, 5.74) is 2.39. The number of halogens is 1. The van der Waals surface area contributed by atoms with E-state index in [1.54, 1.807) is 6.07 Å². The van der Waals surface area contributed by atoms with Gasteiger partial charge in [0.05, 0.1) is 11.4 Å². The molecule has 0 bridgehead atoms. The van der Waals surface area contributed by atoms with E-state index in [0.717, 1.165) is 11.3 Å². The highest BCUT2D eigenvalue weighted by atomic mass is 35.5. The Kier molecular flexibility index (Phi) is 4.83. The summed E-state index contributed by atoms with van der Waals surface area (Å²) in [7, 11) is 0. The zero-order valence-electron chi connectivity index (χ0n) is 13.3. The van der Waals surface area contributed by atoms with E-state index in [1.807, 2.05) is 54.7 Å². The second kappa shape index (κ2) is 7.03. The second-order valence-electron chi connectivity index (χ2n) is 5.80. The van der Waals surface area contributed by atoms with Gasteiger partial charge in [-0.05, 0) is 25.1 Å². The zero-order chi connectivity index (χ0) is 17.1. The summed E-state index contributed by atoms with van der Waals surface area (Å²) in [5, 5.41) is 5.40. The van der Waals surface area contributed by atoms with Gasteiger partial charge in [0.15, 0.2) is 6.54 Å². The van der Waals surface area contributed by atoms with E-state index in [4.69, 9.17) is 11.6 Å². The lowest BCUT2D eigenvalue weighted by Gasteiger charge is -2.28. The van der Waals surface area contributed by atoms with Gasteiger partial charge in [-0.25, -0.2) is 0 Å². The van der Waals surface area contributed by atoms with Gasteiger partial charge in [0, 0.05) is 10.6 Å². The lowest BCUT2D eigenvalue weighted by molar-refractivity contribution is -0.682. The van der Waals surface area contributed by atoms with E-state index in [1.165, 1.54) is 4.90 Å². The number of benzene rings is 2. The summed E-state index contributed by atoms with van der Waals surface area (Å²) in [4.78, 5) is 26.0. The van der Waals surface area contributed by atoms with E-state index in [-0.39, 0.29) is 30.9 Å². The van der Waals surface area contributed by atoms with Crippen LogP contribution < -0.4 is 15.5 Å². The van der Waals surface area contributed by atoms with E-state index >= 15 is 0 Å². The molecule has 6 heteroatoms. The summed E-state index contributed by atoms with van der Waals surface area (Å²) < 4.78 is 0. The summed E-state index contributed by atoms with van der Waals surface area (Å²) in [6.07, 6.45) is 0. The number of para-hydroxylation sites is 2. The van der Waals surface area contributed by atoms with Gasteiger partial charge in [0.25, 0.3) is 5.91 Å². The van der Waals surface area contributed by atoms with E-state index < -0.39 is 0 Å². The van der Waals surface area contributed by atoms with Gasteiger partial charge in [-0.2, -0.15) is 0 Å². The topological polar surface area (TPSA) is 66.0 Å². The van der Waals surface area contributed by atoms with Crippen LogP contribution in [0.2, 0.25) is 5.02 Å². The number of anilines is 2. The number of hydrogen-bond acceptors (Lipinski definition) is 2. The highest BCUT2D eigenvalue weighted by molar-refractivity contribution is 6.31. The first-order valence-electron chi connectivity index (χ1n) is 7.83. The third-order valence-corrected chi connectivity index (χ3v) is 4.46. The molecule has 0 saturated carbocycles. The van der Waals surface area contributed by atoms with Crippen molar-refractivity contribution in [2.45, 2.75) is 13.0 Å². The molecular weight excluding hydrogens is 326 g/mol. The number of hydrogen-bond donors (Lipinski definition) is 2. The number of nitrogens with zero attached hydrogens (tertiary/aromatic N) is 1. The molecule has 2 aromatic carbocycles. The normalized spacial score (nSPS) is 14.8. The van der Waals surface area contributed by atoms with Crippen molar-refractivity contribution in [2.75, 3.05) is 23.3 Å². The molecular formula is C18H19ClN3O2+. The van der Waals surface area contributed by atoms with Gasteiger partial charge >= 0.3 is 0 Å². The van der Waals surface area contributed by atoms with Crippen LogP contribution in [-0.4, -0.2) is 24.9 Å². The third kappa shape index (κ3) is 3.42. The predicted molar refractivity (Wildman–Crippen MR) is 94.1 cm³/mol. The average molecular weight is 345 g/mol. The minimum absolute atomic E-state index is 0.0458. The molecule has 0 fully saturated rings. The van der Waals surface area contributed by atoms with Crippen molar-refractivity contribution in [2.24, 2.45) is 0 Å². The molecule has 2 amide bonds. The smallest absolute Gasteiger partial charge is 0.282 e. The first kappa shape index (κ1) is 16.5. The van der Waals surface area contributed by atoms with Crippen molar-refractivity contribution in [3.8, 4) is 0 Å². The van der Waals surface area contributed by atoms with Crippen molar-refractivity contribution in [3.63, 3.8) is 0 Å². The molecule has 0 aromatic heterocycles. The number of amides is 2. The fourth-order valence-electron chi connectivity index (χ4n) is 2.81. The molecule has 0 radical (unpaired) electrons. The van der Waals surface area contributed by atoms with Crippen LogP contribution in [0, 0.1) is 0 Å². The van der Waals surface area contributed by atoms with Crippen LogP contribution in [-0.2, 0) is 9.59 Å². The fourth-order valence-corrected chi connectivity index (χ4v) is 3.12. The lowest BCUT2D eigenvalue weighted by atomic mass is 10.1. The Morgan fingerprint density at radius 2 is 1.96 bits per heavy atom. The standard InChI is InChI=1S/C18H18ClN3O2/c1-12(13-6-2-3-7-14(13)19)20-10-18(24)22-11-17(23)21-15-8-4-5-9-16(15)22/h2-9,12,20H,10-11H2,1H3,(H,21,23)/p+1/t12-/m1/s1. The third-order valence-electron chi connectivity index (χ3n) is 4.11. The first-order valence-corrected chi connectivity index (χ1v) is 8.21. The van der Waals surface area contributed by atoms with Crippen LogP contribution >= 0.6 is 11.6 Å². The number of nitrogens with one attached hydrogen (secondary N) is 1. The molecule has 0 unspecified atom stereocenters. The largest absolute Gasteiger partial charge is 0.332 e. The Morgan fingerprint density at radius 1 is 1.25 bits per heavy atom. The molecule has 24 heavy (non-hydrogen) atoms. The number of rotatable bonds is 4. The molecule has 3 N–H and O–H groups in total. The molecule has 3 rings (SSSR count). The molecule has 1 aliphatic heterocycles. The summed E-state index contributed by atoms with van der Waals surface area (Å²) >= 11 is 6.20. The van der Waals surface area contributed by atoms with Crippen molar-refractivity contribution in [1.82, 2.24) is 0 Å². The Morgan fingerprint density at radius 3 is 2.75 bits per heavy atom. The van der Waals surface area contributed by atoms with Gasteiger partial charge in [0.1, 0.15) is 12.6 Å². The van der Waals surface area contributed by atoms with Crippen molar-refractivity contribution in [3.05, 3.63) is 59.1 Å². The molecule has 1 aliphatic rings. The summed E-state index contributed by atoms with van der Waals surface area (Å²) in [6, 6.07) is 15.0. The molecule has 1 atom stereocenters. The Bertz CT molecular complexity index is 778. The minimum atomic E-state index is -0.179. The van der Waals surface area contributed by atoms with Crippen LogP contribution in [0.3, 0.4) is 0 Å². The summed E-state index contributed by atoms with van der Waals surface area (Å²) in [6.45, 7) is 2.30. The highest BCUT2D eigenvalue weighted by Gasteiger charge is 2.27. The number of nitrogens with two attached hydrogens (primary N) is 1.